The zero-order valence-electron chi connectivity index (χ0n) is 17.4. The Morgan fingerprint density at radius 1 is 1.13 bits per heavy atom. The van der Waals surface area contributed by atoms with Gasteiger partial charge in [0.2, 0.25) is 5.95 Å². The van der Waals surface area contributed by atoms with Crippen LogP contribution in [0.2, 0.25) is 0 Å². The number of amides is 1. The van der Waals surface area contributed by atoms with Crippen LogP contribution in [0.3, 0.4) is 0 Å². The molecule has 4 rings (SSSR count). The number of allylic oxidation sites excluding steroid dienone is 1. The molecule has 31 heavy (non-hydrogen) atoms. The zero-order valence-corrected chi connectivity index (χ0v) is 17.4. The minimum absolute atomic E-state index is 0.332. The van der Waals surface area contributed by atoms with E-state index in [0.717, 1.165) is 0 Å². The molecule has 2 N–H and O–H groups in total. The molecule has 0 aliphatic carbocycles. The molecular formula is C20H21N7O4. The van der Waals surface area contributed by atoms with Crippen molar-refractivity contribution < 1.29 is 19.0 Å². The predicted octanol–water partition coefficient (Wildman–Crippen LogP) is 2.02. The largest absolute Gasteiger partial charge is 0.496 e. The number of nitrogens with one attached hydrogen (secondary N) is 2. The summed E-state index contributed by atoms with van der Waals surface area (Å²) in [7, 11) is 4.62. The number of hydrogen-bond donors (Lipinski definition) is 2. The first-order valence-corrected chi connectivity index (χ1v) is 9.34. The lowest BCUT2D eigenvalue weighted by molar-refractivity contribution is -0.113. The number of ether oxygens (including phenoxy) is 3. The van der Waals surface area contributed by atoms with Crippen LogP contribution in [0.1, 0.15) is 18.5 Å². The molecule has 0 fully saturated rings. The van der Waals surface area contributed by atoms with Crippen molar-refractivity contribution >= 4 is 17.5 Å². The summed E-state index contributed by atoms with van der Waals surface area (Å²) in [6.45, 7) is 1.79. The van der Waals surface area contributed by atoms with Gasteiger partial charge in [0.05, 0.1) is 38.8 Å². The molecule has 0 saturated heterocycles. The van der Waals surface area contributed by atoms with Crippen molar-refractivity contribution in [3.05, 3.63) is 53.5 Å². The van der Waals surface area contributed by atoms with Gasteiger partial charge in [-0.2, -0.15) is 4.68 Å². The molecule has 11 nitrogen and oxygen atoms in total. The van der Waals surface area contributed by atoms with Crippen molar-refractivity contribution in [1.82, 2.24) is 25.2 Å². The molecule has 0 radical (unpaired) electrons. The SMILES string of the molecule is COc1cc(OC)c(C2C(C(=O)Nc3cccnc3)=C(C)Nc3nnnn32)cc1OC. The lowest BCUT2D eigenvalue weighted by Crippen LogP contribution is -2.31. The third-order valence-corrected chi connectivity index (χ3v) is 4.91. The summed E-state index contributed by atoms with van der Waals surface area (Å²) in [6, 6.07) is 6.27. The monoisotopic (exact) mass is 423 g/mol. The molecule has 2 aromatic heterocycles. The normalized spacial score (nSPS) is 15.0. The Morgan fingerprint density at radius 3 is 2.55 bits per heavy atom. The van der Waals surface area contributed by atoms with Gasteiger partial charge < -0.3 is 24.8 Å². The minimum Gasteiger partial charge on any atom is -0.496 e. The van der Waals surface area contributed by atoms with Crippen LogP contribution in [0, 0.1) is 0 Å². The third kappa shape index (κ3) is 3.61. The smallest absolute Gasteiger partial charge is 0.255 e. The summed E-state index contributed by atoms with van der Waals surface area (Å²) in [5.74, 6) is 1.54. The Morgan fingerprint density at radius 2 is 1.87 bits per heavy atom. The van der Waals surface area contributed by atoms with Crippen LogP contribution < -0.4 is 24.8 Å². The molecule has 1 atom stereocenters. The summed E-state index contributed by atoms with van der Waals surface area (Å²) in [5.41, 5.74) is 2.21. The average Bonchev–Trinajstić information content (AvgIpc) is 3.25. The van der Waals surface area contributed by atoms with E-state index in [9.17, 15) is 4.79 Å². The first kappa shape index (κ1) is 20.1. The number of carbonyl (C=O) groups excluding carboxylic acids is 1. The molecule has 160 valence electrons. The van der Waals surface area contributed by atoms with Gasteiger partial charge in [-0.3, -0.25) is 9.78 Å². The van der Waals surface area contributed by atoms with Gasteiger partial charge in [-0.05, 0) is 35.5 Å². The second kappa shape index (κ2) is 8.30. The first-order chi connectivity index (χ1) is 15.1. The Hall–Kier alpha value is -4.15. The molecular weight excluding hydrogens is 402 g/mol. The van der Waals surface area contributed by atoms with Crippen molar-refractivity contribution in [3.8, 4) is 17.2 Å². The first-order valence-electron chi connectivity index (χ1n) is 9.34. The zero-order chi connectivity index (χ0) is 22.0. The van der Waals surface area contributed by atoms with E-state index in [-0.39, 0.29) is 5.91 Å². The van der Waals surface area contributed by atoms with Gasteiger partial charge in [0, 0.05) is 23.5 Å². The fraction of sp³-hybridized carbons (Fsp3) is 0.250. The number of aromatic nitrogens is 5. The number of fused-ring (bicyclic) bond motifs is 1. The van der Waals surface area contributed by atoms with E-state index in [1.165, 1.54) is 26.0 Å². The Bertz CT molecular complexity index is 1140. The van der Waals surface area contributed by atoms with Crippen molar-refractivity contribution in [2.75, 3.05) is 32.0 Å². The van der Waals surface area contributed by atoms with E-state index >= 15 is 0 Å². The summed E-state index contributed by atoms with van der Waals surface area (Å²) in [5, 5.41) is 17.8. The van der Waals surface area contributed by atoms with Gasteiger partial charge in [-0.15, -0.1) is 0 Å². The number of rotatable bonds is 6. The van der Waals surface area contributed by atoms with E-state index in [4.69, 9.17) is 14.2 Å². The van der Waals surface area contributed by atoms with Crippen LogP contribution in [0.25, 0.3) is 0 Å². The van der Waals surface area contributed by atoms with Crippen LogP contribution >= 0.6 is 0 Å². The summed E-state index contributed by atoms with van der Waals surface area (Å²) >= 11 is 0. The maximum Gasteiger partial charge on any atom is 0.255 e. The molecule has 1 amide bonds. The van der Waals surface area contributed by atoms with Crippen LogP contribution in [-0.2, 0) is 4.79 Å². The van der Waals surface area contributed by atoms with E-state index < -0.39 is 6.04 Å². The molecule has 1 aliphatic rings. The van der Waals surface area contributed by atoms with Gasteiger partial charge in [0.1, 0.15) is 11.8 Å². The molecule has 1 unspecified atom stereocenters. The maximum atomic E-state index is 13.4. The number of carbonyl (C=O) groups is 1. The molecule has 3 heterocycles. The van der Waals surface area contributed by atoms with E-state index in [1.54, 1.807) is 43.6 Å². The Kier molecular flexibility index (Phi) is 5.39. The molecule has 0 bridgehead atoms. The molecule has 1 aromatic carbocycles. The molecule has 3 aromatic rings. The topological polar surface area (TPSA) is 125 Å². The van der Waals surface area contributed by atoms with E-state index in [2.05, 4.69) is 31.1 Å². The second-order valence-corrected chi connectivity index (χ2v) is 6.66. The predicted molar refractivity (Wildman–Crippen MR) is 111 cm³/mol. The molecule has 0 saturated carbocycles. The highest BCUT2D eigenvalue weighted by atomic mass is 16.5. The maximum absolute atomic E-state index is 13.4. The molecule has 11 heteroatoms. The lowest BCUT2D eigenvalue weighted by Gasteiger charge is -2.29. The highest BCUT2D eigenvalue weighted by Crippen LogP contribution is 2.43. The Balaban J connectivity index is 1.86. The van der Waals surface area contributed by atoms with Crippen LogP contribution in [0.15, 0.2) is 47.9 Å². The van der Waals surface area contributed by atoms with Gasteiger partial charge in [-0.25, -0.2) is 0 Å². The fourth-order valence-electron chi connectivity index (χ4n) is 3.50. The summed E-state index contributed by atoms with van der Waals surface area (Å²) in [6.07, 6.45) is 3.20. The quantitative estimate of drug-likeness (QED) is 0.612. The van der Waals surface area contributed by atoms with Crippen LogP contribution in [-0.4, -0.2) is 52.4 Å². The number of nitrogens with zero attached hydrogens (tertiary/aromatic N) is 5. The van der Waals surface area contributed by atoms with Crippen molar-refractivity contribution in [2.24, 2.45) is 0 Å². The number of pyridine rings is 1. The van der Waals surface area contributed by atoms with Crippen LogP contribution in [0.4, 0.5) is 11.6 Å². The number of hydrogen-bond acceptors (Lipinski definition) is 9. The third-order valence-electron chi connectivity index (χ3n) is 4.91. The van der Waals surface area contributed by atoms with Gasteiger partial charge in [-0.1, -0.05) is 5.10 Å². The Labute approximate surface area is 178 Å². The molecule has 1 aliphatic heterocycles. The molecule has 0 spiro atoms. The van der Waals surface area contributed by atoms with E-state index in [0.29, 0.717) is 45.7 Å². The number of methoxy groups -OCH3 is 3. The number of tetrazole rings is 1. The minimum atomic E-state index is -0.683. The number of anilines is 2. The van der Waals surface area contributed by atoms with E-state index in [1.807, 2.05) is 0 Å². The fourth-order valence-corrected chi connectivity index (χ4v) is 3.50. The standard InChI is InChI=1S/C20H21N7O4/c1-11-17(19(28)23-12-6-5-7-21-10-12)18(27-20(22-11)24-25-26-27)13-8-15(30-3)16(31-4)9-14(13)29-2/h5-10,18H,1-4H3,(H,23,28)(H,22,24,26). The summed E-state index contributed by atoms with van der Waals surface area (Å²) < 4.78 is 18.0. The van der Waals surface area contributed by atoms with Crippen molar-refractivity contribution in [2.45, 2.75) is 13.0 Å². The van der Waals surface area contributed by atoms with Crippen LogP contribution in [0.5, 0.6) is 17.2 Å². The van der Waals surface area contributed by atoms with Gasteiger partial charge in [0.15, 0.2) is 11.5 Å². The van der Waals surface area contributed by atoms with Gasteiger partial charge >= 0.3 is 0 Å². The highest BCUT2D eigenvalue weighted by molar-refractivity contribution is 6.06. The average molecular weight is 423 g/mol. The lowest BCUT2D eigenvalue weighted by atomic mass is 9.93. The highest BCUT2D eigenvalue weighted by Gasteiger charge is 2.36. The number of benzene rings is 1. The van der Waals surface area contributed by atoms with Crippen molar-refractivity contribution in [1.29, 1.82) is 0 Å². The van der Waals surface area contributed by atoms with Crippen molar-refractivity contribution in [3.63, 3.8) is 0 Å². The summed E-state index contributed by atoms with van der Waals surface area (Å²) in [4.78, 5) is 17.4. The second-order valence-electron chi connectivity index (χ2n) is 6.66. The van der Waals surface area contributed by atoms with Gasteiger partial charge in [0.25, 0.3) is 5.91 Å².